The average Bonchev–Trinajstić information content (AvgIpc) is 2.81. The van der Waals surface area contributed by atoms with Gasteiger partial charge in [0.05, 0.1) is 12.8 Å². The summed E-state index contributed by atoms with van der Waals surface area (Å²) >= 11 is 0. The van der Waals surface area contributed by atoms with Crippen LogP contribution < -0.4 is 9.64 Å². The minimum atomic E-state index is -0.155. The zero-order chi connectivity index (χ0) is 16.8. The Labute approximate surface area is 138 Å². The number of likely N-dealkylation sites (tertiary alicyclic amines) is 1. The van der Waals surface area contributed by atoms with E-state index in [2.05, 4.69) is 0 Å². The van der Waals surface area contributed by atoms with Crippen LogP contribution in [0, 0.1) is 6.92 Å². The van der Waals surface area contributed by atoms with Gasteiger partial charge in [0.15, 0.2) is 0 Å². The third kappa shape index (κ3) is 4.47. The molecule has 0 unspecified atom stereocenters. The fourth-order valence-corrected chi connectivity index (χ4v) is 2.93. The molecule has 0 saturated carbocycles. The fourth-order valence-electron chi connectivity index (χ4n) is 2.93. The zero-order valence-corrected chi connectivity index (χ0v) is 14.3. The minimum Gasteiger partial charge on any atom is -0.495 e. The van der Waals surface area contributed by atoms with Crippen LogP contribution in [-0.4, -0.2) is 43.5 Å². The molecule has 0 aromatic heterocycles. The van der Waals surface area contributed by atoms with Crippen LogP contribution >= 0.6 is 0 Å². The number of nitrogens with zero attached hydrogens (tertiary/aromatic N) is 2. The van der Waals surface area contributed by atoms with Gasteiger partial charge < -0.3 is 9.64 Å². The predicted molar refractivity (Wildman–Crippen MR) is 90.8 cm³/mol. The van der Waals surface area contributed by atoms with Crippen molar-refractivity contribution in [1.29, 1.82) is 0 Å². The van der Waals surface area contributed by atoms with E-state index in [-0.39, 0.29) is 18.4 Å². The molecule has 0 radical (unpaired) electrons. The third-order valence-corrected chi connectivity index (χ3v) is 4.26. The lowest BCUT2D eigenvalue weighted by atomic mass is 10.2. The van der Waals surface area contributed by atoms with Crippen molar-refractivity contribution in [2.24, 2.45) is 0 Å². The molecule has 1 aliphatic rings. The molecule has 1 aliphatic heterocycles. The van der Waals surface area contributed by atoms with Crippen molar-refractivity contribution in [3.63, 3.8) is 0 Å². The first-order valence-electron chi connectivity index (χ1n) is 8.23. The fraction of sp³-hybridized carbons (Fsp3) is 0.556. The maximum absolute atomic E-state index is 12.6. The largest absolute Gasteiger partial charge is 0.495 e. The Morgan fingerprint density at radius 1 is 1.17 bits per heavy atom. The van der Waals surface area contributed by atoms with E-state index in [1.54, 1.807) is 7.11 Å². The molecule has 0 atom stereocenters. The summed E-state index contributed by atoms with van der Waals surface area (Å²) < 4.78 is 5.36. The van der Waals surface area contributed by atoms with Crippen molar-refractivity contribution in [3.8, 4) is 5.75 Å². The predicted octanol–water partition coefficient (Wildman–Crippen LogP) is 2.76. The number of amides is 2. The zero-order valence-electron chi connectivity index (χ0n) is 14.3. The van der Waals surface area contributed by atoms with E-state index in [0.717, 1.165) is 31.5 Å². The van der Waals surface area contributed by atoms with Crippen molar-refractivity contribution in [2.75, 3.05) is 31.6 Å². The monoisotopic (exact) mass is 318 g/mol. The van der Waals surface area contributed by atoms with E-state index in [9.17, 15) is 9.59 Å². The summed E-state index contributed by atoms with van der Waals surface area (Å²) in [6, 6.07) is 5.64. The van der Waals surface area contributed by atoms with E-state index >= 15 is 0 Å². The van der Waals surface area contributed by atoms with Crippen molar-refractivity contribution in [2.45, 2.75) is 39.5 Å². The molecule has 0 bridgehead atoms. The lowest BCUT2D eigenvalue weighted by molar-refractivity contribution is -0.131. The Morgan fingerprint density at radius 2 is 1.83 bits per heavy atom. The summed E-state index contributed by atoms with van der Waals surface area (Å²) in [5.41, 5.74) is 1.68. The quantitative estimate of drug-likeness (QED) is 0.858. The van der Waals surface area contributed by atoms with Crippen LogP contribution in [0.2, 0.25) is 0 Å². The highest BCUT2D eigenvalue weighted by atomic mass is 16.5. The molecule has 0 spiro atoms. The van der Waals surface area contributed by atoms with Crippen LogP contribution in [-0.2, 0) is 9.59 Å². The minimum absolute atomic E-state index is 0.00524. The highest BCUT2D eigenvalue weighted by Crippen LogP contribution is 2.29. The van der Waals surface area contributed by atoms with E-state index in [4.69, 9.17) is 4.74 Å². The molecule has 1 saturated heterocycles. The summed E-state index contributed by atoms with van der Waals surface area (Å²) in [5, 5.41) is 0. The normalized spacial score (nSPS) is 15.0. The highest BCUT2D eigenvalue weighted by Gasteiger charge is 2.23. The van der Waals surface area contributed by atoms with Crippen LogP contribution in [0.5, 0.6) is 5.75 Å². The average molecular weight is 318 g/mol. The van der Waals surface area contributed by atoms with Gasteiger partial charge in [-0.15, -0.1) is 0 Å². The van der Waals surface area contributed by atoms with Gasteiger partial charge in [-0.25, -0.2) is 0 Å². The van der Waals surface area contributed by atoms with Crippen molar-refractivity contribution in [1.82, 2.24) is 4.90 Å². The van der Waals surface area contributed by atoms with Gasteiger partial charge in [0.25, 0.3) is 0 Å². The van der Waals surface area contributed by atoms with Gasteiger partial charge in [-0.2, -0.15) is 0 Å². The molecule has 1 heterocycles. The number of ether oxygens (including phenoxy) is 1. The van der Waals surface area contributed by atoms with Crippen molar-refractivity contribution in [3.05, 3.63) is 23.8 Å². The number of benzene rings is 1. The first-order chi connectivity index (χ1) is 11.0. The molecule has 23 heavy (non-hydrogen) atoms. The van der Waals surface area contributed by atoms with E-state index in [1.165, 1.54) is 24.7 Å². The second-order valence-electron chi connectivity index (χ2n) is 6.08. The van der Waals surface area contributed by atoms with Crippen LogP contribution in [0.1, 0.15) is 38.2 Å². The SMILES string of the molecule is COc1ccc(C)cc1N(CC(=O)N1CCCCCC1)C(C)=O. The van der Waals surface area contributed by atoms with Gasteiger partial charge in [-0.1, -0.05) is 18.9 Å². The van der Waals surface area contributed by atoms with Crippen LogP contribution in [0.25, 0.3) is 0 Å². The van der Waals surface area contributed by atoms with Gasteiger partial charge in [-0.05, 0) is 37.5 Å². The van der Waals surface area contributed by atoms with Crippen molar-refractivity contribution < 1.29 is 14.3 Å². The third-order valence-electron chi connectivity index (χ3n) is 4.26. The van der Waals surface area contributed by atoms with Gasteiger partial charge in [-0.3, -0.25) is 14.5 Å². The first kappa shape index (κ1) is 17.3. The van der Waals surface area contributed by atoms with E-state index < -0.39 is 0 Å². The van der Waals surface area contributed by atoms with E-state index in [0.29, 0.717) is 11.4 Å². The van der Waals surface area contributed by atoms with E-state index in [1.807, 2.05) is 30.0 Å². The Hall–Kier alpha value is -2.04. The second-order valence-corrected chi connectivity index (χ2v) is 6.08. The summed E-state index contributed by atoms with van der Waals surface area (Å²) in [4.78, 5) is 28.1. The van der Waals surface area contributed by atoms with Crippen molar-refractivity contribution >= 4 is 17.5 Å². The molecule has 0 aliphatic carbocycles. The number of carbonyl (C=O) groups excluding carboxylic acids is 2. The molecule has 1 aromatic carbocycles. The summed E-state index contributed by atoms with van der Waals surface area (Å²) in [6.45, 7) is 5.08. The van der Waals surface area contributed by atoms with Gasteiger partial charge in [0, 0.05) is 20.0 Å². The summed E-state index contributed by atoms with van der Waals surface area (Å²) in [7, 11) is 1.57. The van der Waals surface area contributed by atoms with Gasteiger partial charge >= 0.3 is 0 Å². The second kappa shape index (κ2) is 7.99. The molecule has 126 valence electrons. The molecule has 5 nitrogen and oxygen atoms in total. The molecular weight excluding hydrogens is 292 g/mol. The molecule has 0 N–H and O–H groups in total. The van der Waals surface area contributed by atoms with Gasteiger partial charge in [0.2, 0.25) is 11.8 Å². The Morgan fingerprint density at radius 3 is 2.39 bits per heavy atom. The Bertz CT molecular complexity index is 563. The van der Waals surface area contributed by atoms with Crippen LogP contribution in [0.3, 0.4) is 0 Å². The topological polar surface area (TPSA) is 49.9 Å². The lowest BCUT2D eigenvalue weighted by Crippen LogP contribution is -2.42. The molecule has 2 amide bonds. The smallest absolute Gasteiger partial charge is 0.242 e. The van der Waals surface area contributed by atoms with Crippen LogP contribution in [0.15, 0.2) is 18.2 Å². The van der Waals surface area contributed by atoms with Crippen LogP contribution in [0.4, 0.5) is 5.69 Å². The summed E-state index contributed by atoms with van der Waals surface area (Å²) in [6.07, 6.45) is 4.43. The first-order valence-corrected chi connectivity index (χ1v) is 8.23. The number of hydrogen-bond acceptors (Lipinski definition) is 3. The Balaban J connectivity index is 2.20. The number of carbonyl (C=O) groups is 2. The number of aryl methyl sites for hydroxylation is 1. The maximum atomic E-state index is 12.6. The highest BCUT2D eigenvalue weighted by molar-refractivity contribution is 5.98. The Kier molecular flexibility index (Phi) is 6.02. The molecule has 1 aromatic rings. The summed E-state index contributed by atoms with van der Waals surface area (Å²) in [5.74, 6) is 0.456. The molecule has 1 fully saturated rings. The van der Waals surface area contributed by atoms with Gasteiger partial charge in [0.1, 0.15) is 12.3 Å². The number of hydrogen-bond donors (Lipinski definition) is 0. The molecule has 5 heteroatoms. The number of methoxy groups -OCH3 is 1. The standard InChI is InChI=1S/C18H26N2O3/c1-14-8-9-17(23-3)16(12-14)20(15(2)21)13-18(22)19-10-6-4-5-7-11-19/h8-9,12H,4-7,10-11,13H2,1-3H3. The number of rotatable bonds is 4. The lowest BCUT2D eigenvalue weighted by Gasteiger charge is -2.27. The number of anilines is 1. The maximum Gasteiger partial charge on any atom is 0.242 e. The molecule has 2 rings (SSSR count). The molecular formula is C18H26N2O3.